The van der Waals surface area contributed by atoms with Crippen molar-refractivity contribution >= 4 is 12.3 Å². The monoisotopic (exact) mass is 223 g/mol. The Morgan fingerprint density at radius 1 is 1.62 bits per heavy atom. The highest BCUT2D eigenvalue weighted by atomic mass is 16.5. The lowest BCUT2D eigenvalue weighted by atomic mass is 9.99. The van der Waals surface area contributed by atoms with Crippen LogP contribution in [0.2, 0.25) is 0 Å². The van der Waals surface area contributed by atoms with Crippen molar-refractivity contribution < 1.29 is 19.4 Å². The topological polar surface area (TPSA) is 89.6 Å². The van der Waals surface area contributed by atoms with Gasteiger partial charge in [-0.05, 0) is 23.8 Å². The molecule has 5 heteroatoms. The molecule has 0 heterocycles. The van der Waals surface area contributed by atoms with Gasteiger partial charge in [0.05, 0.1) is 13.5 Å². The van der Waals surface area contributed by atoms with Gasteiger partial charge in [0, 0.05) is 11.6 Å². The highest BCUT2D eigenvalue weighted by Gasteiger charge is 2.15. The number of hydrogen-bond acceptors (Lipinski definition) is 4. The van der Waals surface area contributed by atoms with Gasteiger partial charge in [-0.3, -0.25) is 9.59 Å². The number of carboxylic acid groups (broad SMARTS) is 1. The maximum atomic E-state index is 10.8. The van der Waals surface area contributed by atoms with Crippen molar-refractivity contribution in [2.24, 2.45) is 5.73 Å². The Hall–Kier alpha value is -1.88. The van der Waals surface area contributed by atoms with Crippen LogP contribution >= 0.6 is 0 Å². The predicted octanol–water partition coefficient (Wildman–Crippen LogP) is 0.982. The molecule has 0 saturated heterocycles. The first-order valence-corrected chi connectivity index (χ1v) is 4.69. The van der Waals surface area contributed by atoms with E-state index >= 15 is 0 Å². The van der Waals surface area contributed by atoms with Crippen molar-refractivity contribution in [2.75, 3.05) is 7.11 Å². The summed E-state index contributed by atoms with van der Waals surface area (Å²) in [5.41, 5.74) is 6.57. The normalized spacial score (nSPS) is 11.9. The van der Waals surface area contributed by atoms with Crippen LogP contribution in [0, 0.1) is 0 Å². The van der Waals surface area contributed by atoms with Gasteiger partial charge in [0.15, 0.2) is 0 Å². The Balaban J connectivity index is 3.07. The van der Waals surface area contributed by atoms with Crippen molar-refractivity contribution in [1.82, 2.24) is 0 Å². The van der Waals surface area contributed by atoms with Crippen molar-refractivity contribution in [1.29, 1.82) is 0 Å². The van der Waals surface area contributed by atoms with Gasteiger partial charge in [0.2, 0.25) is 0 Å². The molecule has 1 aromatic carbocycles. The first-order valence-electron chi connectivity index (χ1n) is 4.69. The first-order chi connectivity index (χ1) is 7.58. The SMILES string of the molecule is COc1ccc(C=O)c(C(N)CC(=O)O)c1. The summed E-state index contributed by atoms with van der Waals surface area (Å²) in [6.45, 7) is 0. The van der Waals surface area contributed by atoms with Crippen LogP contribution in [0.25, 0.3) is 0 Å². The van der Waals surface area contributed by atoms with Gasteiger partial charge >= 0.3 is 5.97 Å². The van der Waals surface area contributed by atoms with Gasteiger partial charge in [-0.2, -0.15) is 0 Å². The minimum Gasteiger partial charge on any atom is -0.497 e. The van der Waals surface area contributed by atoms with Gasteiger partial charge in [-0.25, -0.2) is 0 Å². The summed E-state index contributed by atoms with van der Waals surface area (Å²) in [6, 6.07) is 4.05. The second kappa shape index (κ2) is 5.27. The Labute approximate surface area is 92.8 Å². The van der Waals surface area contributed by atoms with E-state index in [0.29, 0.717) is 23.2 Å². The smallest absolute Gasteiger partial charge is 0.305 e. The second-order valence-electron chi connectivity index (χ2n) is 3.32. The molecule has 86 valence electrons. The molecule has 5 nitrogen and oxygen atoms in total. The van der Waals surface area contributed by atoms with E-state index in [1.165, 1.54) is 7.11 Å². The van der Waals surface area contributed by atoms with Crippen LogP contribution in [-0.2, 0) is 4.79 Å². The Morgan fingerprint density at radius 2 is 2.31 bits per heavy atom. The molecule has 0 spiro atoms. The molecule has 3 N–H and O–H groups in total. The van der Waals surface area contributed by atoms with E-state index in [-0.39, 0.29) is 6.42 Å². The Morgan fingerprint density at radius 3 is 2.81 bits per heavy atom. The van der Waals surface area contributed by atoms with E-state index in [4.69, 9.17) is 15.6 Å². The van der Waals surface area contributed by atoms with Crippen LogP contribution in [0.4, 0.5) is 0 Å². The van der Waals surface area contributed by atoms with Crippen LogP contribution in [0.3, 0.4) is 0 Å². The first kappa shape index (κ1) is 12.2. The maximum absolute atomic E-state index is 10.8. The predicted molar refractivity (Wildman–Crippen MR) is 57.6 cm³/mol. The summed E-state index contributed by atoms with van der Waals surface area (Å²) in [6.07, 6.45) is 0.421. The third-order valence-electron chi connectivity index (χ3n) is 2.21. The number of carboxylic acids is 1. The minimum atomic E-state index is -1.01. The number of carbonyl (C=O) groups excluding carboxylic acids is 1. The van der Waals surface area contributed by atoms with E-state index in [2.05, 4.69) is 0 Å². The fourth-order valence-electron chi connectivity index (χ4n) is 1.41. The standard InChI is InChI=1S/C11H13NO4/c1-16-8-3-2-7(6-13)9(4-8)10(12)5-11(14)15/h2-4,6,10H,5,12H2,1H3,(H,14,15). The zero-order valence-electron chi connectivity index (χ0n) is 8.84. The molecular formula is C11H13NO4. The number of methoxy groups -OCH3 is 1. The molecule has 0 aliphatic carbocycles. The van der Waals surface area contributed by atoms with Crippen molar-refractivity contribution in [3.63, 3.8) is 0 Å². The molecule has 0 radical (unpaired) electrons. The van der Waals surface area contributed by atoms with Crippen LogP contribution in [0.15, 0.2) is 18.2 Å². The fourth-order valence-corrected chi connectivity index (χ4v) is 1.41. The van der Waals surface area contributed by atoms with E-state index in [0.717, 1.165) is 0 Å². The quantitative estimate of drug-likeness (QED) is 0.726. The van der Waals surface area contributed by atoms with Gasteiger partial charge < -0.3 is 15.6 Å². The van der Waals surface area contributed by atoms with Crippen LogP contribution in [0.5, 0.6) is 5.75 Å². The molecule has 0 aromatic heterocycles. The molecule has 1 atom stereocenters. The highest BCUT2D eigenvalue weighted by molar-refractivity contribution is 5.79. The molecule has 0 bridgehead atoms. The molecule has 1 rings (SSSR count). The minimum absolute atomic E-state index is 0.228. The Bertz CT molecular complexity index is 403. The van der Waals surface area contributed by atoms with Gasteiger partial charge in [0.1, 0.15) is 12.0 Å². The average Bonchev–Trinajstić information content (AvgIpc) is 2.27. The molecule has 16 heavy (non-hydrogen) atoms. The van der Waals surface area contributed by atoms with Gasteiger partial charge in [-0.1, -0.05) is 0 Å². The molecule has 1 aromatic rings. The van der Waals surface area contributed by atoms with Crippen LogP contribution < -0.4 is 10.5 Å². The van der Waals surface area contributed by atoms with E-state index < -0.39 is 12.0 Å². The fraction of sp³-hybridized carbons (Fsp3) is 0.273. The number of hydrogen-bond donors (Lipinski definition) is 2. The summed E-state index contributed by atoms with van der Waals surface area (Å²) in [4.78, 5) is 21.3. The summed E-state index contributed by atoms with van der Waals surface area (Å²) >= 11 is 0. The lowest BCUT2D eigenvalue weighted by Gasteiger charge is -2.13. The molecule has 0 aliphatic rings. The summed E-state index contributed by atoms with van der Waals surface area (Å²) in [7, 11) is 1.49. The molecule has 0 aliphatic heterocycles. The second-order valence-corrected chi connectivity index (χ2v) is 3.32. The highest BCUT2D eigenvalue weighted by Crippen LogP contribution is 2.23. The molecule has 1 unspecified atom stereocenters. The van der Waals surface area contributed by atoms with E-state index in [1.807, 2.05) is 0 Å². The third kappa shape index (κ3) is 2.80. The van der Waals surface area contributed by atoms with Crippen LogP contribution in [-0.4, -0.2) is 24.5 Å². The lowest BCUT2D eigenvalue weighted by molar-refractivity contribution is -0.137. The third-order valence-corrected chi connectivity index (χ3v) is 2.21. The number of ether oxygens (including phenoxy) is 1. The number of aliphatic carboxylic acids is 1. The lowest BCUT2D eigenvalue weighted by Crippen LogP contribution is -2.16. The number of aldehydes is 1. The van der Waals surface area contributed by atoms with Crippen molar-refractivity contribution in [2.45, 2.75) is 12.5 Å². The Kier molecular flexibility index (Phi) is 4.02. The summed E-state index contributed by atoms with van der Waals surface area (Å²) in [5.74, 6) is -0.464. The molecule has 0 saturated carbocycles. The average molecular weight is 223 g/mol. The van der Waals surface area contributed by atoms with Gasteiger partial charge in [0.25, 0.3) is 0 Å². The summed E-state index contributed by atoms with van der Waals surface area (Å²) < 4.78 is 4.99. The van der Waals surface area contributed by atoms with E-state index in [1.54, 1.807) is 18.2 Å². The van der Waals surface area contributed by atoms with Crippen LogP contribution in [0.1, 0.15) is 28.4 Å². The zero-order valence-corrected chi connectivity index (χ0v) is 8.84. The van der Waals surface area contributed by atoms with E-state index in [9.17, 15) is 9.59 Å². The number of benzene rings is 1. The number of rotatable bonds is 5. The largest absolute Gasteiger partial charge is 0.497 e. The summed E-state index contributed by atoms with van der Waals surface area (Å²) in [5, 5.41) is 8.64. The maximum Gasteiger partial charge on any atom is 0.305 e. The zero-order chi connectivity index (χ0) is 12.1. The molecular weight excluding hydrogens is 210 g/mol. The number of carbonyl (C=O) groups is 2. The molecule has 0 amide bonds. The van der Waals surface area contributed by atoms with Gasteiger partial charge in [-0.15, -0.1) is 0 Å². The van der Waals surface area contributed by atoms with Crippen molar-refractivity contribution in [3.8, 4) is 5.75 Å². The van der Waals surface area contributed by atoms with Crippen molar-refractivity contribution in [3.05, 3.63) is 29.3 Å². The number of nitrogens with two attached hydrogens (primary N) is 1. The molecule has 0 fully saturated rings.